The van der Waals surface area contributed by atoms with E-state index in [9.17, 15) is 0 Å². The first-order chi connectivity index (χ1) is 8.78. The summed E-state index contributed by atoms with van der Waals surface area (Å²) in [5, 5.41) is 0. The summed E-state index contributed by atoms with van der Waals surface area (Å²) in [6.07, 6.45) is 5.11. The van der Waals surface area contributed by atoms with E-state index >= 15 is 0 Å². The van der Waals surface area contributed by atoms with Gasteiger partial charge in [-0.2, -0.15) is 0 Å². The van der Waals surface area contributed by atoms with Crippen molar-refractivity contribution in [2.24, 2.45) is 11.1 Å². The zero-order valence-corrected chi connectivity index (χ0v) is 11.7. The molecule has 0 radical (unpaired) electrons. The van der Waals surface area contributed by atoms with Crippen LogP contribution in [0.3, 0.4) is 0 Å². The maximum absolute atomic E-state index is 6.04. The van der Waals surface area contributed by atoms with E-state index in [-0.39, 0.29) is 5.41 Å². The molecule has 0 aromatic carbocycles. The zero-order valence-electron chi connectivity index (χ0n) is 11.7. The minimum Gasteiger partial charge on any atom is -0.381 e. The lowest BCUT2D eigenvalue weighted by atomic mass is 9.79. The molecule has 2 aliphatic heterocycles. The van der Waals surface area contributed by atoms with E-state index < -0.39 is 0 Å². The second kappa shape index (κ2) is 6.85. The van der Waals surface area contributed by atoms with Gasteiger partial charge in [-0.05, 0) is 51.1 Å². The smallest absolute Gasteiger partial charge is 0.0702 e. The first kappa shape index (κ1) is 14.3. The van der Waals surface area contributed by atoms with Crippen molar-refractivity contribution < 1.29 is 9.47 Å². The van der Waals surface area contributed by atoms with E-state index in [2.05, 4.69) is 11.8 Å². The predicted octanol–water partition coefficient (Wildman–Crippen LogP) is 1.24. The lowest BCUT2D eigenvalue weighted by Gasteiger charge is -2.42. The molecule has 0 amide bonds. The summed E-state index contributed by atoms with van der Waals surface area (Å²) in [5.74, 6) is 0. The molecule has 4 nitrogen and oxygen atoms in total. The van der Waals surface area contributed by atoms with Crippen LogP contribution in [0.15, 0.2) is 0 Å². The van der Waals surface area contributed by atoms with Crippen LogP contribution in [0, 0.1) is 5.41 Å². The van der Waals surface area contributed by atoms with Gasteiger partial charge in [0, 0.05) is 32.9 Å². The van der Waals surface area contributed by atoms with Crippen molar-refractivity contribution >= 4 is 0 Å². The average molecular weight is 256 g/mol. The first-order valence-electron chi connectivity index (χ1n) is 7.40. The largest absolute Gasteiger partial charge is 0.381 e. The van der Waals surface area contributed by atoms with Crippen LogP contribution in [-0.4, -0.2) is 57.0 Å². The second-order valence-electron chi connectivity index (χ2n) is 5.77. The Balaban J connectivity index is 1.86. The third kappa shape index (κ3) is 3.67. The van der Waals surface area contributed by atoms with Gasteiger partial charge in [0.1, 0.15) is 0 Å². The maximum Gasteiger partial charge on any atom is 0.0702 e. The van der Waals surface area contributed by atoms with Gasteiger partial charge in [-0.1, -0.05) is 0 Å². The van der Waals surface area contributed by atoms with E-state index in [1.165, 1.54) is 19.4 Å². The topological polar surface area (TPSA) is 47.7 Å². The molecule has 106 valence electrons. The molecule has 0 saturated carbocycles. The standard InChI is InChI=1S/C14H28N2O2/c1-2-18-13-4-3-7-16(10-13)12-14(11-15)5-8-17-9-6-14/h13H,2-12,15H2,1H3. The van der Waals surface area contributed by atoms with Crippen LogP contribution in [-0.2, 0) is 9.47 Å². The number of rotatable bonds is 5. The number of likely N-dealkylation sites (tertiary alicyclic amines) is 1. The van der Waals surface area contributed by atoms with Crippen molar-refractivity contribution in [1.82, 2.24) is 4.90 Å². The van der Waals surface area contributed by atoms with Crippen LogP contribution in [0.4, 0.5) is 0 Å². The highest BCUT2D eigenvalue weighted by molar-refractivity contribution is 4.88. The number of hydrogen-bond donors (Lipinski definition) is 1. The van der Waals surface area contributed by atoms with Crippen molar-refractivity contribution in [2.45, 2.75) is 38.7 Å². The van der Waals surface area contributed by atoms with E-state index in [0.29, 0.717) is 6.10 Å². The molecule has 1 unspecified atom stereocenters. The molecule has 2 fully saturated rings. The van der Waals surface area contributed by atoms with E-state index in [1.807, 2.05) is 0 Å². The monoisotopic (exact) mass is 256 g/mol. The molecule has 2 N–H and O–H groups in total. The highest BCUT2D eigenvalue weighted by Crippen LogP contribution is 2.31. The Kier molecular flexibility index (Phi) is 5.42. The third-order valence-corrected chi connectivity index (χ3v) is 4.41. The average Bonchev–Trinajstić information content (AvgIpc) is 2.41. The quantitative estimate of drug-likeness (QED) is 0.804. The highest BCUT2D eigenvalue weighted by atomic mass is 16.5. The van der Waals surface area contributed by atoms with Gasteiger partial charge in [0.25, 0.3) is 0 Å². The fraction of sp³-hybridized carbons (Fsp3) is 1.00. The lowest BCUT2D eigenvalue weighted by molar-refractivity contribution is -0.0325. The molecule has 2 saturated heterocycles. The van der Waals surface area contributed by atoms with Crippen LogP contribution in [0.2, 0.25) is 0 Å². The summed E-state index contributed by atoms with van der Waals surface area (Å²) in [6.45, 7) is 8.85. The second-order valence-corrected chi connectivity index (χ2v) is 5.77. The Bertz CT molecular complexity index is 240. The van der Waals surface area contributed by atoms with Gasteiger partial charge in [0.2, 0.25) is 0 Å². The van der Waals surface area contributed by atoms with E-state index in [4.69, 9.17) is 15.2 Å². The molecular formula is C14H28N2O2. The Morgan fingerprint density at radius 3 is 2.83 bits per heavy atom. The van der Waals surface area contributed by atoms with Gasteiger partial charge in [-0.3, -0.25) is 0 Å². The predicted molar refractivity (Wildman–Crippen MR) is 72.6 cm³/mol. The van der Waals surface area contributed by atoms with Gasteiger partial charge in [0.05, 0.1) is 6.10 Å². The molecule has 0 bridgehead atoms. The molecular weight excluding hydrogens is 228 g/mol. The molecule has 0 aromatic heterocycles. The molecule has 0 aromatic rings. The van der Waals surface area contributed by atoms with Crippen molar-refractivity contribution in [2.75, 3.05) is 46.0 Å². The van der Waals surface area contributed by atoms with Gasteiger partial charge >= 0.3 is 0 Å². The third-order valence-electron chi connectivity index (χ3n) is 4.41. The number of piperidine rings is 1. The Morgan fingerprint density at radius 2 is 2.17 bits per heavy atom. The molecule has 18 heavy (non-hydrogen) atoms. The minimum atomic E-state index is 0.284. The number of nitrogens with zero attached hydrogens (tertiary/aromatic N) is 1. The van der Waals surface area contributed by atoms with E-state index in [0.717, 1.165) is 52.3 Å². The number of hydrogen-bond acceptors (Lipinski definition) is 4. The summed E-state index contributed by atoms with van der Waals surface area (Å²) in [7, 11) is 0. The molecule has 0 aliphatic carbocycles. The summed E-state index contributed by atoms with van der Waals surface area (Å²) in [5.41, 5.74) is 6.32. The Morgan fingerprint density at radius 1 is 1.39 bits per heavy atom. The fourth-order valence-corrected chi connectivity index (χ4v) is 3.23. The summed E-state index contributed by atoms with van der Waals surface area (Å²) in [6, 6.07) is 0. The van der Waals surface area contributed by atoms with Gasteiger partial charge in [-0.15, -0.1) is 0 Å². The normalized spacial score (nSPS) is 29.3. The van der Waals surface area contributed by atoms with Gasteiger partial charge in [0.15, 0.2) is 0 Å². The van der Waals surface area contributed by atoms with Crippen LogP contribution < -0.4 is 5.73 Å². The SMILES string of the molecule is CCOC1CCCN(CC2(CN)CCOCC2)C1. The zero-order chi connectivity index (χ0) is 12.8. The molecule has 2 aliphatic rings. The van der Waals surface area contributed by atoms with Crippen molar-refractivity contribution in [3.63, 3.8) is 0 Å². The van der Waals surface area contributed by atoms with Crippen LogP contribution in [0.1, 0.15) is 32.6 Å². The van der Waals surface area contributed by atoms with Crippen LogP contribution in [0.25, 0.3) is 0 Å². The molecule has 0 spiro atoms. The summed E-state index contributed by atoms with van der Waals surface area (Å²) in [4.78, 5) is 2.56. The highest BCUT2D eigenvalue weighted by Gasteiger charge is 2.34. The molecule has 4 heteroatoms. The lowest BCUT2D eigenvalue weighted by Crippen LogP contribution is -2.50. The van der Waals surface area contributed by atoms with Crippen LogP contribution in [0.5, 0.6) is 0 Å². The summed E-state index contributed by atoms with van der Waals surface area (Å²) < 4.78 is 11.2. The molecule has 2 heterocycles. The Hall–Kier alpha value is -0.160. The molecule has 2 rings (SSSR count). The van der Waals surface area contributed by atoms with E-state index in [1.54, 1.807) is 0 Å². The first-order valence-corrected chi connectivity index (χ1v) is 7.40. The van der Waals surface area contributed by atoms with Gasteiger partial charge in [-0.25, -0.2) is 0 Å². The molecule has 1 atom stereocenters. The fourth-order valence-electron chi connectivity index (χ4n) is 3.23. The van der Waals surface area contributed by atoms with Crippen molar-refractivity contribution in [1.29, 1.82) is 0 Å². The summed E-state index contributed by atoms with van der Waals surface area (Å²) >= 11 is 0. The van der Waals surface area contributed by atoms with Crippen LogP contribution >= 0.6 is 0 Å². The maximum atomic E-state index is 6.04. The number of ether oxygens (including phenoxy) is 2. The minimum absolute atomic E-state index is 0.284. The van der Waals surface area contributed by atoms with Crippen molar-refractivity contribution in [3.05, 3.63) is 0 Å². The Labute approximate surface area is 111 Å². The number of nitrogens with two attached hydrogens (primary N) is 1. The van der Waals surface area contributed by atoms with Gasteiger partial charge < -0.3 is 20.1 Å². The van der Waals surface area contributed by atoms with Crippen molar-refractivity contribution in [3.8, 4) is 0 Å².